The molecule has 0 amide bonds. The van der Waals surface area contributed by atoms with Crippen LogP contribution < -0.4 is 0 Å². The van der Waals surface area contributed by atoms with E-state index in [2.05, 4.69) is 22.2 Å². The largest absolute Gasteiger partial charge is 0.381 e. The zero-order valence-corrected chi connectivity index (χ0v) is 8.57. The van der Waals surface area contributed by atoms with Crippen LogP contribution in [0, 0.1) is 0 Å². The van der Waals surface area contributed by atoms with E-state index in [0.717, 1.165) is 31.6 Å². The first-order valence-corrected chi connectivity index (χ1v) is 5.44. The maximum atomic E-state index is 5.39. The van der Waals surface area contributed by atoms with E-state index in [9.17, 15) is 0 Å². The maximum Gasteiger partial charge on any atom is 0.0643 e. The third-order valence-corrected chi connectivity index (χ3v) is 3.18. The highest BCUT2D eigenvalue weighted by Gasteiger charge is 2.18. The number of nitrogens with one attached hydrogen (secondary N) is 1. The fourth-order valence-electron chi connectivity index (χ4n) is 2.34. The topological polar surface area (TPSA) is 37.9 Å². The first-order chi connectivity index (χ1) is 7.45. The molecule has 0 aliphatic carbocycles. The lowest BCUT2D eigenvalue weighted by Crippen LogP contribution is -2.13. The molecule has 3 nitrogen and oxygen atoms in total. The number of hydrogen-bond donors (Lipinski definition) is 1. The molecule has 0 radical (unpaired) electrons. The molecule has 78 valence electrons. The van der Waals surface area contributed by atoms with Crippen molar-refractivity contribution < 1.29 is 4.74 Å². The number of H-pyrrole nitrogens is 1. The van der Waals surface area contributed by atoms with Crippen LogP contribution in [0.4, 0.5) is 0 Å². The summed E-state index contributed by atoms with van der Waals surface area (Å²) in [6, 6.07) is 2.09. The van der Waals surface area contributed by atoms with Gasteiger partial charge in [-0.25, -0.2) is 0 Å². The van der Waals surface area contributed by atoms with Gasteiger partial charge in [-0.1, -0.05) is 0 Å². The summed E-state index contributed by atoms with van der Waals surface area (Å²) in [5.41, 5.74) is 2.56. The van der Waals surface area contributed by atoms with Gasteiger partial charge in [0.25, 0.3) is 0 Å². The monoisotopic (exact) mass is 202 g/mol. The van der Waals surface area contributed by atoms with Crippen LogP contribution in [0.2, 0.25) is 0 Å². The number of rotatable bonds is 1. The summed E-state index contributed by atoms with van der Waals surface area (Å²) < 4.78 is 5.39. The van der Waals surface area contributed by atoms with Crippen molar-refractivity contribution >= 4 is 10.9 Å². The summed E-state index contributed by atoms with van der Waals surface area (Å²) in [7, 11) is 0. The summed E-state index contributed by atoms with van der Waals surface area (Å²) in [6.07, 6.45) is 8.14. The molecule has 3 heteroatoms. The average molecular weight is 202 g/mol. The predicted molar refractivity (Wildman–Crippen MR) is 58.9 cm³/mol. The Kier molecular flexibility index (Phi) is 2.18. The van der Waals surface area contributed by atoms with E-state index in [0.29, 0.717) is 5.92 Å². The normalized spacial score (nSPS) is 18.4. The van der Waals surface area contributed by atoms with Gasteiger partial charge in [-0.15, -0.1) is 0 Å². The van der Waals surface area contributed by atoms with Crippen molar-refractivity contribution in [3.63, 3.8) is 0 Å². The number of aromatic nitrogens is 2. The minimum atomic E-state index is 0.648. The molecular formula is C12H14N2O. The van der Waals surface area contributed by atoms with Crippen molar-refractivity contribution in [2.45, 2.75) is 18.8 Å². The molecule has 3 heterocycles. The van der Waals surface area contributed by atoms with Gasteiger partial charge in [-0.05, 0) is 30.4 Å². The average Bonchev–Trinajstić information content (AvgIpc) is 2.74. The highest BCUT2D eigenvalue weighted by molar-refractivity contribution is 5.82. The van der Waals surface area contributed by atoms with Crippen molar-refractivity contribution in [2.24, 2.45) is 0 Å². The van der Waals surface area contributed by atoms with E-state index < -0.39 is 0 Å². The molecule has 1 saturated heterocycles. The van der Waals surface area contributed by atoms with Crippen molar-refractivity contribution in [2.75, 3.05) is 13.2 Å². The van der Waals surface area contributed by atoms with Crippen LogP contribution >= 0.6 is 0 Å². The van der Waals surface area contributed by atoms with Gasteiger partial charge in [-0.2, -0.15) is 0 Å². The molecule has 1 N–H and O–H groups in total. The number of fused-ring (bicyclic) bond motifs is 1. The molecule has 2 aromatic rings. The number of ether oxygens (including phenoxy) is 1. The summed E-state index contributed by atoms with van der Waals surface area (Å²) in [6.45, 7) is 1.78. The Morgan fingerprint density at radius 2 is 2.20 bits per heavy atom. The predicted octanol–water partition coefficient (Wildman–Crippen LogP) is 2.46. The second-order valence-corrected chi connectivity index (χ2v) is 4.05. The van der Waals surface area contributed by atoms with Gasteiger partial charge in [0.1, 0.15) is 0 Å². The van der Waals surface area contributed by atoms with Crippen LogP contribution in [0.15, 0.2) is 24.7 Å². The highest BCUT2D eigenvalue weighted by atomic mass is 16.5. The second-order valence-electron chi connectivity index (χ2n) is 4.05. The molecule has 0 saturated carbocycles. The molecule has 0 bridgehead atoms. The standard InChI is InChI=1S/C12H14N2O/c1-4-13-8-12-10(1)11(7-14-12)9-2-5-15-6-3-9/h1,4,7-9,14H,2-3,5-6H2. The molecule has 1 aliphatic heterocycles. The Bertz CT molecular complexity index is 457. The molecule has 1 fully saturated rings. The lowest BCUT2D eigenvalue weighted by molar-refractivity contribution is 0.0856. The van der Waals surface area contributed by atoms with E-state index in [1.54, 1.807) is 0 Å². The Morgan fingerprint density at radius 1 is 1.33 bits per heavy atom. The minimum Gasteiger partial charge on any atom is -0.381 e. The van der Waals surface area contributed by atoms with Crippen LogP contribution in [0.1, 0.15) is 24.3 Å². The van der Waals surface area contributed by atoms with E-state index in [1.165, 1.54) is 10.9 Å². The fourth-order valence-corrected chi connectivity index (χ4v) is 2.34. The zero-order chi connectivity index (χ0) is 10.1. The van der Waals surface area contributed by atoms with Gasteiger partial charge < -0.3 is 9.72 Å². The maximum absolute atomic E-state index is 5.39. The Balaban J connectivity index is 2.02. The number of pyridine rings is 1. The molecule has 0 spiro atoms. The van der Waals surface area contributed by atoms with E-state index in [4.69, 9.17) is 4.74 Å². The van der Waals surface area contributed by atoms with Crippen LogP contribution in [-0.2, 0) is 4.74 Å². The van der Waals surface area contributed by atoms with Gasteiger partial charge in [0.2, 0.25) is 0 Å². The third kappa shape index (κ3) is 1.53. The number of aromatic amines is 1. The molecule has 3 rings (SSSR count). The first-order valence-electron chi connectivity index (χ1n) is 5.44. The van der Waals surface area contributed by atoms with E-state index >= 15 is 0 Å². The first kappa shape index (κ1) is 8.92. The molecule has 15 heavy (non-hydrogen) atoms. The summed E-state index contributed by atoms with van der Waals surface area (Å²) in [4.78, 5) is 7.40. The van der Waals surface area contributed by atoms with Gasteiger partial charge in [0.05, 0.1) is 11.7 Å². The molecule has 2 aromatic heterocycles. The van der Waals surface area contributed by atoms with Crippen LogP contribution in [-0.4, -0.2) is 23.2 Å². The van der Waals surface area contributed by atoms with E-state index in [-0.39, 0.29) is 0 Å². The SMILES string of the molecule is c1cc2c(C3CCOCC3)c[nH]c2cn1. The molecule has 0 unspecified atom stereocenters. The molecule has 0 aromatic carbocycles. The van der Waals surface area contributed by atoms with E-state index in [1.807, 2.05) is 12.4 Å². The van der Waals surface area contributed by atoms with Crippen molar-refractivity contribution in [1.29, 1.82) is 0 Å². The lowest BCUT2D eigenvalue weighted by Gasteiger charge is -2.21. The van der Waals surface area contributed by atoms with Crippen LogP contribution in [0.3, 0.4) is 0 Å². The van der Waals surface area contributed by atoms with Gasteiger partial charge in [0, 0.05) is 31.0 Å². The molecule has 1 aliphatic rings. The quantitative estimate of drug-likeness (QED) is 0.771. The van der Waals surface area contributed by atoms with Crippen molar-refractivity contribution in [3.8, 4) is 0 Å². The minimum absolute atomic E-state index is 0.648. The van der Waals surface area contributed by atoms with Gasteiger partial charge in [0.15, 0.2) is 0 Å². The van der Waals surface area contributed by atoms with Gasteiger partial charge in [-0.3, -0.25) is 4.98 Å². The summed E-state index contributed by atoms with van der Waals surface area (Å²) in [5.74, 6) is 0.648. The van der Waals surface area contributed by atoms with Gasteiger partial charge >= 0.3 is 0 Å². The summed E-state index contributed by atoms with van der Waals surface area (Å²) >= 11 is 0. The van der Waals surface area contributed by atoms with Crippen LogP contribution in [0.5, 0.6) is 0 Å². The Morgan fingerprint density at radius 3 is 3.07 bits per heavy atom. The number of nitrogens with zero attached hydrogens (tertiary/aromatic N) is 1. The zero-order valence-electron chi connectivity index (χ0n) is 8.57. The van der Waals surface area contributed by atoms with Crippen molar-refractivity contribution in [1.82, 2.24) is 9.97 Å². The molecular weight excluding hydrogens is 188 g/mol. The smallest absolute Gasteiger partial charge is 0.0643 e. The van der Waals surface area contributed by atoms with Crippen molar-refractivity contribution in [3.05, 3.63) is 30.2 Å². The third-order valence-electron chi connectivity index (χ3n) is 3.18. The summed E-state index contributed by atoms with van der Waals surface area (Å²) in [5, 5.41) is 1.32. The highest BCUT2D eigenvalue weighted by Crippen LogP contribution is 2.31. The fraction of sp³-hybridized carbons (Fsp3) is 0.417. The number of hydrogen-bond acceptors (Lipinski definition) is 2. The Hall–Kier alpha value is -1.35. The van der Waals surface area contributed by atoms with Crippen LogP contribution in [0.25, 0.3) is 10.9 Å². The lowest BCUT2D eigenvalue weighted by atomic mass is 9.92. The molecule has 0 atom stereocenters. The second kappa shape index (κ2) is 3.66. The Labute approximate surface area is 88.5 Å².